The lowest BCUT2D eigenvalue weighted by Crippen LogP contribution is -1.95. The molecular weight excluding hydrogens is 282 g/mol. The molecule has 0 aliphatic heterocycles. The Morgan fingerprint density at radius 3 is 3.00 bits per heavy atom. The molecule has 0 aliphatic rings. The Morgan fingerprint density at radius 1 is 1.18 bits per heavy atom. The van der Waals surface area contributed by atoms with Gasteiger partial charge in [0.15, 0.2) is 0 Å². The molecule has 0 aliphatic carbocycles. The van der Waals surface area contributed by atoms with Gasteiger partial charge in [-0.1, -0.05) is 11.2 Å². The molecule has 7 heteroatoms. The van der Waals surface area contributed by atoms with Crippen LogP contribution in [0.4, 0.5) is 0 Å². The lowest BCUT2D eigenvalue weighted by atomic mass is 10.3. The van der Waals surface area contributed by atoms with Crippen LogP contribution in [0.3, 0.4) is 0 Å². The van der Waals surface area contributed by atoms with Crippen LogP contribution in [0.25, 0.3) is 16.8 Å². The van der Waals surface area contributed by atoms with E-state index in [0.717, 1.165) is 5.69 Å². The van der Waals surface area contributed by atoms with E-state index in [1.807, 2.05) is 43.5 Å². The fourth-order valence-corrected chi connectivity index (χ4v) is 2.19. The predicted octanol–water partition coefficient (Wildman–Crippen LogP) is 2.90. The molecule has 4 rings (SSSR count). The molecule has 0 N–H and O–H groups in total. The molecule has 4 aromatic rings. The predicted molar refractivity (Wildman–Crippen MR) is 78.0 cm³/mol. The molecule has 0 atom stereocenters. The molecule has 7 nitrogen and oxygen atoms in total. The second-order valence-electron chi connectivity index (χ2n) is 4.68. The largest absolute Gasteiger partial charge is 0.438 e. The molecule has 0 unspecified atom stereocenters. The second-order valence-corrected chi connectivity index (χ2v) is 4.68. The number of hydrogen-bond donors (Lipinski definition) is 0. The van der Waals surface area contributed by atoms with E-state index in [0.29, 0.717) is 28.4 Å². The maximum Gasteiger partial charge on any atom is 0.264 e. The van der Waals surface area contributed by atoms with Crippen LogP contribution < -0.4 is 4.74 Å². The van der Waals surface area contributed by atoms with Gasteiger partial charge in [-0.05, 0) is 25.1 Å². The second kappa shape index (κ2) is 4.96. The van der Waals surface area contributed by atoms with Crippen LogP contribution >= 0.6 is 0 Å². The van der Waals surface area contributed by atoms with Crippen molar-refractivity contribution in [2.75, 3.05) is 0 Å². The normalized spacial score (nSPS) is 11.0. The van der Waals surface area contributed by atoms with Crippen molar-refractivity contribution in [1.82, 2.24) is 24.9 Å². The van der Waals surface area contributed by atoms with Gasteiger partial charge in [0.1, 0.15) is 17.5 Å². The van der Waals surface area contributed by atoms with Crippen molar-refractivity contribution in [2.45, 2.75) is 6.92 Å². The van der Waals surface area contributed by atoms with Gasteiger partial charge in [-0.3, -0.25) is 0 Å². The number of aryl methyl sites for hydroxylation is 1. The van der Waals surface area contributed by atoms with Crippen molar-refractivity contribution in [2.24, 2.45) is 0 Å². The minimum Gasteiger partial charge on any atom is -0.438 e. The molecule has 0 bridgehead atoms. The molecule has 1 aromatic carbocycles. The first kappa shape index (κ1) is 12.5. The minimum absolute atomic E-state index is 0.408. The number of nitrogens with zero attached hydrogens (tertiary/aromatic N) is 5. The number of fused-ring (bicyclic) bond motifs is 1. The highest BCUT2D eigenvalue weighted by atomic mass is 16.5. The van der Waals surface area contributed by atoms with Crippen molar-refractivity contribution in [3.63, 3.8) is 0 Å². The molecule has 22 heavy (non-hydrogen) atoms. The van der Waals surface area contributed by atoms with Crippen LogP contribution in [-0.4, -0.2) is 24.9 Å². The van der Waals surface area contributed by atoms with Gasteiger partial charge in [0.2, 0.25) is 5.88 Å². The maximum atomic E-state index is 5.88. The van der Waals surface area contributed by atoms with E-state index in [9.17, 15) is 0 Å². The summed E-state index contributed by atoms with van der Waals surface area (Å²) in [6.45, 7) is 1.82. The quantitative estimate of drug-likeness (QED) is 0.578. The van der Waals surface area contributed by atoms with Gasteiger partial charge < -0.3 is 9.26 Å². The summed E-state index contributed by atoms with van der Waals surface area (Å²) in [5.41, 5.74) is 1.99. The first-order chi connectivity index (χ1) is 10.8. The number of aromatic nitrogens is 5. The van der Waals surface area contributed by atoms with Crippen molar-refractivity contribution >= 4 is 11.1 Å². The smallest absolute Gasteiger partial charge is 0.264 e. The number of hydrogen-bond acceptors (Lipinski definition) is 6. The summed E-state index contributed by atoms with van der Waals surface area (Å²) in [4.78, 5) is 8.20. The lowest BCUT2D eigenvalue weighted by Gasteiger charge is -2.07. The van der Waals surface area contributed by atoms with Gasteiger partial charge in [0, 0.05) is 18.5 Å². The van der Waals surface area contributed by atoms with Crippen molar-refractivity contribution in [1.29, 1.82) is 0 Å². The van der Waals surface area contributed by atoms with Crippen LogP contribution in [0.5, 0.6) is 11.6 Å². The highest BCUT2D eigenvalue weighted by Gasteiger charge is 2.14. The zero-order valence-corrected chi connectivity index (χ0v) is 11.7. The van der Waals surface area contributed by atoms with Crippen LogP contribution in [-0.2, 0) is 0 Å². The Labute approximate surface area is 125 Å². The zero-order valence-electron chi connectivity index (χ0n) is 11.7. The molecule has 0 radical (unpaired) electrons. The van der Waals surface area contributed by atoms with E-state index in [1.54, 1.807) is 10.9 Å². The van der Waals surface area contributed by atoms with Crippen molar-refractivity contribution < 1.29 is 9.26 Å². The van der Waals surface area contributed by atoms with Gasteiger partial charge >= 0.3 is 0 Å². The fraction of sp³-hybridized carbons (Fsp3) is 0.0667. The summed E-state index contributed by atoms with van der Waals surface area (Å²) in [5, 5.41) is 8.76. The Hall–Kier alpha value is -3.22. The van der Waals surface area contributed by atoms with Gasteiger partial charge in [0.25, 0.3) is 5.71 Å². The van der Waals surface area contributed by atoms with E-state index in [-0.39, 0.29) is 0 Å². The maximum absolute atomic E-state index is 5.88. The monoisotopic (exact) mass is 293 g/mol. The van der Waals surface area contributed by atoms with E-state index < -0.39 is 0 Å². The Kier molecular flexibility index (Phi) is 2.82. The standard InChI is InChI=1S/C15H11N5O2/c1-10-13-14(16-9-17-15(13)22-19-10)21-12-5-2-4-11(8-12)20-7-3-6-18-20/h2-9H,1H3. The van der Waals surface area contributed by atoms with Gasteiger partial charge in [-0.25, -0.2) is 9.67 Å². The molecule has 3 aromatic heterocycles. The first-order valence-electron chi connectivity index (χ1n) is 6.66. The van der Waals surface area contributed by atoms with Gasteiger partial charge in [-0.2, -0.15) is 10.1 Å². The van der Waals surface area contributed by atoms with E-state index in [4.69, 9.17) is 9.26 Å². The topological polar surface area (TPSA) is 78.9 Å². The van der Waals surface area contributed by atoms with E-state index in [1.165, 1.54) is 6.33 Å². The Balaban J connectivity index is 1.74. The third-order valence-corrected chi connectivity index (χ3v) is 3.21. The fourth-order valence-electron chi connectivity index (χ4n) is 2.19. The zero-order chi connectivity index (χ0) is 14.9. The minimum atomic E-state index is 0.408. The molecule has 108 valence electrons. The third-order valence-electron chi connectivity index (χ3n) is 3.21. The average molecular weight is 293 g/mol. The summed E-state index contributed by atoms with van der Waals surface area (Å²) >= 11 is 0. The van der Waals surface area contributed by atoms with Crippen molar-refractivity contribution in [3.05, 3.63) is 54.7 Å². The van der Waals surface area contributed by atoms with Crippen molar-refractivity contribution in [3.8, 4) is 17.3 Å². The molecule has 0 saturated carbocycles. The molecule has 3 heterocycles. The summed E-state index contributed by atoms with van der Waals surface area (Å²) in [5.74, 6) is 1.06. The van der Waals surface area contributed by atoms with Gasteiger partial charge in [0.05, 0.1) is 11.4 Å². The average Bonchev–Trinajstić information content (AvgIpc) is 3.19. The highest BCUT2D eigenvalue weighted by molar-refractivity contribution is 5.81. The lowest BCUT2D eigenvalue weighted by molar-refractivity contribution is 0.440. The Bertz CT molecular complexity index is 930. The summed E-state index contributed by atoms with van der Waals surface area (Å²) in [7, 11) is 0. The van der Waals surface area contributed by atoms with E-state index >= 15 is 0 Å². The van der Waals surface area contributed by atoms with Crippen LogP contribution in [0.2, 0.25) is 0 Å². The molecular formula is C15H11N5O2. The first-order valence-corrected chi connectivity index (χ1v) is 6.66. The van der Waals surface area contributed by atoms with Crippen LogP contribution in [0, 0.1) is 6.92 Å². The SMILES string of the molecule is Cc1noc2ncnc(Oc3cccc(-n4cccn4)c3)c12. The Morgan fingerprint density at radius 2 is 2.14 bits per heavy atom. The summed E-state index contributed by atoms with van der Waals surface area (Å²) < 4.78 is 12.7. The number of ether oxygens (including phenoxy) is 1. The number of rotatable bonds is 3. The highest BCUT2D eigenvalue weighted by Crippen LogP contribution is 2.29. The molecule has 0 saturated heterocycles. The van der Waals surface area contributed by atoms with Crippen LogP contribution in [0.15, 0.2) is 53.6 Å². The summed E-state index contributed by atoms with van der Waals surface area (Å²) in [6.07, 6.45) is 4.98. The molecule has 0 spiro atoms. The number of benzene rings is 1. The van der Waals surface area contributed by atoms with Gasteiger partial charge in [-0.15, -0.1) is 0 Å². The third kappa shape index (κ3) is 2.08. The van der Waals surface area contributed by atoms with E-state index in [2.05, 4.69) is 20.2 Å². The summed E-state index contributed by atoms with van der Waals surface area (Å²) in [6, 6.07) is 9.43. The molecule has 0 amide bonds. The van der Waals surface area contributed by atoms with Crippen LogP contribution in [0.1, 0.15) is 5.69 Å². The molecule has 0 fully saturated rings.